The van der Waals surface area contributed by atoms with Crippen molar-refractivity contribution < 1.29 is 4.79 Å². The van der Waals surface area contributed by atoms with Crippen LogP contribution in [0, 0.1) is 5.41 Å². The van der Waals surface area contributed by atoms with Crippen LogP contribution in [0.3, 0.4) is 0 Å². The minimum absolute atomic E-state index is 0.0412. The summed E-state index contributed by atoms with van der Waals surface area (Å²) in [6.07, 6.45) is 1.78. The lowest BCUT2D eigenvalue weighted by Crippen LogP contribution is -2.44. The third-order valence-electron chi connectivity index (χ3n) is 4.58. The van der Waals surface area contributed by atoms with Crippen LogP contribution in [0.15, 0.2) is 30.3 Å². The summed E-state index contributed by atoms with van der Waals surface area (Å²) in [6.45, 7) is 7.12. The number of hydrogen-bond acceptors (Lipinski definition) is 2. The van der Waals surface area contributed by atoms with Crippen LogP contribution in [0.5, 0.6) is 0 Å². The fourth-order valence-electron chi connectivity index (χ4n) is 2.92. The van der Waals surface area contributed by atoms with Crippen molar-refractivity contribution in [3.05, 3.63) is 35.9 Å². The summed E-state index contributed by atoms with van der Waals surface area (Å²) in [5.41, 5.74) is 7.37. The summed E-state index contributed by atoms with van der Waals surface area (Å²) in [6, 6.07) is 10.1. The van der Waals surface area contributed by atoms with E-state index in [1.54, 1.807) is 0 Å². The van der Waals surface area contributed by atoms with Gasteiger partial charge in [0.15, 0.2) is 0 Å². The van der Waals surface area contributed by atoms with E-state index in [2.05, 4.69) is 43.4 Å². The summed E-state index contributed by atoms with van der Waals surface area (Å²) >= 11 is 0. The fraction of sp³-hybridized carbons (Fsp3) is 0.562. The molecule has 2 rings (SSSR count). The highest BCUT2D eigenvalue weighted by molar-refractivity contribution is 5.81. The van der Waals surface area contributed by atoms with Gasteiger partial charge in [0.05, 0.1) is 6.04 Å². The van der Waals surface area contributed by atoms with Crippen LogP contribution in [0.2, 0.25) is 0 Å². The maximum absolute atomic E-state index is 11.9. The summed E-state index contributed by atoms with van der Waals surface area (Å²) in [4.78, 5) is 11.9. The number of carbonyl (C=O) groups is 1. The van der Waals surface area contributed by atoms with Crippen molar-refractivity contribution in [1.82, 2.24) is 5.32 Å². The molecule has 1 aliphatic rings. The Kier molecular flexibility index (Phi) is 3.68. The predicted octanol–water partition coefficient (Wildman–Crippen LogP) is 2.21. The van der Waals surface area contributed by atoms with E-state index >= 15 is 0 Å². The highest BCUT2D eigenvalue weighted by atomic mass is 16.2. The van der Waals surface area contributed by atoms with E-state index in [0.717, 1.165) is 6.42 Å². The maximum atomic E-state index is 11.9. The van der Waals surface area contributed by atoms with Gasteiger partial charge in [0.25, 0.3) is 0 Å². The lowest BCUT2D eigenvalue weighted by atomic mass is 9.87. The van der Waals surface area contributed by atoms with Crippen molar-refractivity contribution in [2.75, 3.05) is 6.54 Å². The third kappa shape index (κ3) is 2.52. The number of hydrogen-bond donors (Lipinski definition) is 2. The first kappa shape index (κ1) is 14.1. The van der Waals surface area contributed by atoms with E-state index in [1.165, 1.54) is 5.56 Å². The summed E-state index contributed by atoms with van der Waals surface area (Å²) in [7, 11) is 0. The molecular weight excluding hydrogens is 236 g/mol. The first-order chi connectivity index (χ1) is 8.93. The second-order valence-corrected chi connectivity index (χ2v) is 6.24. The van der Waals surface area contributed by atoms with Crippen LogP contribution in [-0.2, 0) is 10.2 Å². The van der Waals surface area contributed by atoms with E-state index in [4.69, 9.17) is 5.73 Å². The van der Waals surface area contributed by atoms with E-state index in [1.807, 2.05) is 13.0 Å². The van der Waals surface area contributed by atoms with Gasteiger partial charge in [0.1, 0.15) is 0 Å². The average Bonchev–Trinajstić information content (AvgIpc) is 2.99. The summed E-state index contributed by atoms with van der Waals surface area (Å²) in [5, 5.41) is 3.03. The highest BCUT2D eigenvalue weighted by Gasteiger charge is 2.61. The number of amides is 1. The molecule has 1 aromatic rings. The van der Waals surface area contributed by atoms with Gasteiger partial charge in [-0.3, -0.25) is 4.79 Å². The molecule has 1 saturated carbocycles. The lowest BCUT2D eigenvalue weighted by molar-refractivity contribution is -0.122. The zero-order valence-electron chi connectivity index (χ0n) is 12.1. The van der Waals surface area contributed by atoms with Crippen LogP contribution in [0.25, 0.3) is 0 Å². The molecule has 2 atom stereocenters. The first-order valence-electron chi connectivity index (χ1n) is 7.02. The minimum Gasteiger partial charge on any atom is -0.354 e. The Morgan fingerprint density at radius 2 is 1.95 bits per heavy atom. The van der Waals surface area contributed by atoms with E-state index in [0.29, 0.717) is 13.0 Å². The van der Waals surface area contributed by atoms with Crippen molar-refractivity contribution in [3.8, 4) is 0 Å². The van der Waals surface area contributed by atoms with Crippen molar-refractivity contribution in [1.29, 1.82) is 0 Å². The van der Waals surface area contributed by atoms with Crippen LogP contribution >= 0.6 is 0 Å². The Labute approximate surface area is 115 Å². The minimum atomic E-state index is -0.394. The Hall–Kier alpha value is -1.35. The van der Waals surface area contributed by atoms with Gasteiger partial charge in [0, 0.05) is 12.0 Å². The molecule has 1 fully saturated rings. The maximum Gasteiger partial charge on any atom is 0.236 e. The van der Waals surface area contributed by atoms with Crippen molar-refractivity contribution >= 4 is 5.91 Å². The number of nitrogens with two attached hydrogens (primary N) is 1. The summed E-state index contributed by atoms with van der Waals surface area (Å²) < 4.78 is 0. The second kappa shape index (κ2) is 4.97. The number of nitrogens with one attached hydrogen (secondary N) is 1. The SMILES string of the molecule is CC[C@@H](N)C(=O)NCC1(c2ccccc2)CC1(C)C. The highest BCUT2D eigenvalue weighted by Crippen LogP contribution is 2.63. The monoisotopic (exact) mass is 260 g/mol. The van der Waals surface area contributed by atoms with Gasteiger partial charge in [-0.05, 0) is 23.8 Å². The Morgan fingerprint density at radius 3 is 2.42 bits per heavy atom. The molecule has 1 aliphatic carbocycles. The van der Waals surface area contributed by atoms with Gasteiger partial charge in [-0.25, -0.2) is 0 Å². The van der Waals surface area contributed by atoms with E-state index in [-0.39, 0.29) is 16.7 Å². The van der Waals surface area contributed by atoms with Crippen LogP contribution in [0.4, 0.5) is 0 Å². The molecule has 104 valence electrons. The molecule has 1 unspecified atom stereocenters. The van der Waals surface area contributed by atoms with E-state index < -0.39 is 6.04 Å². The van der Waals surface area contributed by atoms with E-state index in [9.17, 15) is 4.79 Å². The zero-order valence-corrected chi connectivity index (χ0v) is 12.1. The Balaban J connectivity index is 2.10. The topological polar surface area (TPSA) is 55.1 Å². The molecule has 1 aromatic carbocycles. The molecule has 0 aliphatic heterocycles. The second-order valence-electron chi connectivity index (χ2n) is 6.24. The molecule has 0 saturated heterocycles. The largest absolute Gasteiger partial charge is 0.354 e. The van der Waals surface area contributed by atoms with Gasteiger partial charge in [-0.2, -0.15) is 0 Å². The normalized spacial score (nSPS) is 25.7. The predicted molar refractivity (Wildman–Crippen MR) is 77.8 cm³/mol. The van der Waals surface area contributed by atoms with Gasteiger partial charge < -0.3 is 11.1 Å². The third-order valence-corrected chi connectivity index (χ3v) is 4.58. The number of benzene rings is 1. The van der Waals surface area contributed by atoms with Gasteiger partial charge in [-0.1, -0.05) is 51.1 Å². The fourth-order valence-corrected chi connectivity index (χ4v) is 2.92. The first-order valence-corrected chi connectivity index (χ1v) is 7.02. The van der Waals surface area contributed by atoms with Crippen LogP contribution < -0.4 is 11.1 Å². The zero-order chi connectivity index (χ0) is 14.1. The molecule has 3 heteroatoms. The van der Waals surface area contributed by atoms with Gasteiger partial charge in [-0.15, -0.1) is 0 Å². The molecular formula is C16H24N2O. The van der Waals surface area contributed by atoms with Crippen LogP contribution in [-0.4, -0.2) is 18.5 Å². The number of carbonyl (C=O) groups excluding carboxylic acids is 1. The van der Waals surface area contributed by atoms with Crippen molar-refractivity contribution in [2.45, 2.75) is 45.1 Å². The molecule has 0 spiro atoms. The average molecular weight is 260 g/mol. The molecule has 0 radical (unpaired) electrons. The Morgan fingerprint density at radius 1 is 1.37 bits per heavy atom. The Bertz CT molecular complexity index is 455. The molecule has 0 bridgehead atoms. The smallest absolute Gasteiger partial charge is 0.236 e. The quantitative estimate of drug-likeness (QED) is 0.853. The van der Waals surface area contributed by atoms with Crippen molar-refractivity contribution in [3.63, 3.8) is 0 Å². The molecule has 1 amide bonds. The van der Waals surface area contributed by atoms with Crippen molar-refractivity contribution in [2.24, 2.45) is 11.1 Å². The molecule has 3 N–H and O–H groups in total. The summed E-state index contributed by atoms with van der Waals surface area (Å²) in [5.74, 6) is -0.0412. The standard InChI is InChI=1S/C16H24N2O/c1-4-13(17)14(19)18-11-16(10-15(16,2)3)12-8-6-5-7-9-12/h5-9,13H,4,10-11,17H2,1-3H3,(H,18,19)/t13-,16?/m1/s1. The number of rotatable bonds is 5. The van der Waals surface area contributed by atoms with Crippen LogP contribution in [0.1, 0.15) is 39.2 Å². The van der Waals surface area contributed by atoms with Gasteiger partial charge in [0.2, 0.25) is 5.91 Å². The lowest BCUT2D eigenvalue weighted by Gasteiger charge is -2.22. The molecule has 0 aromatic heterocycles. The molecule has 19 heavy (non-hydrogen) atoms. The molecule has 3 nitrogen and oxygen atoms in total. The van der Waals surface area contributed by atoms with Gasteiger partial charge >= 0.3 is 0 Å². The molecule has 0 heterocycles.